The van der Waals surface area contributed by atoms with Crippen LogP contribution < -0.4 is 21.3 Å². The summed E-state index contributed by atoms with van der Waals surface area (Å²) in [5.74, 6) is 0.755. The minimum atomic E-state index is -0.433. The summed E-state index contributed by atoms with van der Waals surface area (Å²) in [6, 6.07) is 7.45. The lowest BCUT2D eigenvalue weighted by Gasteiger charge is -2.07. The third-order valence-electron chi connectivity index (χ3n) is 4.61. The molecule has 0 fully saturated rings. The first-order valence-corrected chi connectivity index (χ1v) is 10.0. The van der Waals surface area contributed by atoms with Crippen molar-refractivity contribution in [3.8, 4) is 5.75 Å². The maximum atomic E-state index is 12.5. The summed E-state index contributed by atoms with van der Waals surface area (Å²) in [7, 11) is 4.62. The number of carbonyl (C=O) groups is 1. The second-order valence-electron chi connectivity index (χ2n) is 6.43. The Labute approximate surface area is 171 Å². The molecular weight excluding hydrogens is 394 g/mol. The molecule has 0 radical (unpaired) electrons. The number of thioether (sulfide) groups is 1. The summed E-state index contributed by atoms with van der Waals surface area (Å²) in [6.07, 6.45) is 0. The lowest BCUT2D eigenvalue weighted by molar-refractivity contribution is -0.118. The van der Waals surface area contributed by atoms with Crippen LogP contribution in [0.5, 0.6) is 5.75 Å². The van der Waals surface area contributed by atoms with E-state index in [4.69, 9.17) is 4.74 Å². The molecule has 3 aromatic rings. The number of aryl methyl sites for hydroxylation is 2. The Morgan fingerprint density at radius 2 is 1.86 bits per heavy atom. The fraction of sp³-hybridized carbons (Fsp3) is 0.368. The first-order chi connectivity index (χ1) is 13.9. The van der Waals surface area contributed by atoms with Gasteiger partial charge in [0.05, 0.1) is 12.9 Å². The minimum Gasteiger partial charge on any atom is -0.497 e. The Balaban J connectivity index is 1.73. The molecule has 29 heavy (non-hydrogen) atoms. The van der Waals surface area contributed by atoms with Crippen LogP contribution in [-0.2, 0) is 32.0 Å². The Hall–Kier alpha value is -3.01. The van der Waals surface area contributed by atoms with Crippen molar-refractivity contribution in [2.75, 3.05) is 12.9 Å². The van der Waals surface area contributed by atoms with Crippen LogP contribution in [0.4, 0.5) is 0 Å². The molecule has 1 amide bonds. The molecule has 0 aliphatic heterocycles. The van der Waals surface area contributed by atoms with Crippen molar-refractivity contribution in [2.45, 2.75) is 25.2 Å². The van der Waals surface area contributed by atoms with E-state index in [-0.39, 0.29) is 11.7 Å². The Bertz CT molecular complexity index is 1160. The van der Waals surface area contributed by atoms with Gasteiger partial charge in [-0.3, -0.25) is 18.7 Å². The molecule has 2 heterocycles. The van der Waals surface area contributed by atoms with E-state index in [2.05, 4.69) is 10.3 Å². The molecule has 10 heteroatoms. The highest BCUT2D eigenvalue weighted by Gasteiger charge is 2.19. The Kier molecular flexibility index (Phi) is 6.12. The fourth-order valence-electron chi connectivity index (χ4n) is 2.96. The van der Waals surface area contributed by atoms with Crippen LogP contribution in [0.2, 0.25) is 0 Å². The molecule has 2 aromatic heterocycles. The van der Waals surface area contributed by atoms with Crippen molar-refractivity contribution in [1.29, 1.82) is 0 Å². The van der Waals surface area contributed by atoms with Crippen LogP contribution in [0.1, 0.15) is 12.5 Å². The number of benzene rings is 1. The summed E-state index contributed by atoms with van der Waals surface area (Å²) in [5, 5.41) is 3.39. The number of fused-ring (bicyclic) bond motifs is 1. The first kappa shape index (κ1) is 20.7. The van der Waals surface area contributed by atoms with Gasteiger partial charge in [0, 0.05) is 27.2 Å². The summed E-state index contributed by atoms with van der Waals surface area (Å²) in [5.41, 5.74) is 0.813. The van der Waals surface area contributed by atoms with Gasteiger partial charge < -0.3 is 14.6 Å². The van der Waals surface area contributed by atoms with Gasteiger partial charge in [-0.05, 0) is 24.6 Å². The van der Waals surface area contributed by atoms with Crippen LogP contribution in [0.3, 0.4) is 0 Å². The molecule has 154 valence electrons. The molecule has 1 N–H and O–H groups in total. The molecular formula is C19H23N5O4S. The molecule has 0 saturated heterocycles. The predicted molar refractivity (Wildman–Crippen MR) is 111 cm³/mol. The highest BCUT2D eigenvalue weighted by molar-refractivity contribution is 7.99. The number of imidazole rings is 1. The molecule has 0 spiro atoms. The highest BCUT2D eigenvalue weighted by atomic mass is 32.2. The predicted octanol–water partition coefficient (Wildman–Crippen LogP) is 0.871. The molecule has 0 atom stereocenters. The summed E-state index contributed by atoms with van der Waals surface area (Å²) in [4.78, 5) is 41.4. The molecule has 0 aliphatic rings. The van der Waals surface area contributed by atoms with Crippen LogP contribution in [0, 0.1) is 0 Å². The van der Waals surface area contributed by atoms with E-state index in [9.17, 15) is 14.4 Å². The van der Waals surface area contributed by atoms with Crippen LogP contribution in [0.15, 0.2) is 39.0 Å². The molecule has 3 rings (SSSR count). The molecule has 0 aliphatic carbocycles. The average molecular weight is 417 g/mol. The molecule has 0 unspecified atom stereocenters. The van der Waals surface area contributed by atoms with E-state index in [0.29, 0.717) is 29.4 Å². The number of aromatic nitrogens is 4. The first-order valence-electron chi connectivity index (χ1n) is 9.06. The standard InChI is InChI=1S/C19H23N5O4S/c1-5-24-15-16(22(2)19(27)23(3)17(15)26)21-18(24)29-11-14(25)20-10-12-6-8-13(28-4)9-7-12/h6-9H,5,10-11H2,1-4H3,(H,20,25). The van der Waals surface area contributed by atoms with E-state index in [1.165, 1.54) is 23.4 Å². The fourth-order valence-corrected chi connectivity index (χ4v) is 3.84. The SMILES string of the molecule is CCn1c(SCC(=O)NCc2ccc(OC)cc2)nc2c1c(=O)n(C)c(=O)n2C. The zero-order valence-electron chi connectivity index (χ0n) is 16.8. The quantitative estimate of drug-likeness (QED) is 0.573. The minimum absolute atomic E-state index is 0.147. The van der Waals surface area contributed by atoms with Crippen molar-refractivity contribution in [3.05, 3.63) is 50.7 Å². The number of rotatable bonds is 7. The summed E-state index contributed by atoms with van der Waals surface area (Å²) in [6.45, 7) is 2.79. The average Bonchev–Trinajstić information content (AvgIpc) is 3.12. The Morgan fingerprint density at radius 3 is 2.48 bits per heavy atom. The van der Waals surface area contributed by atoms with Crippen molar-refractivity contribution in [3.63, 3.8) is 0 Å². The highest BCUT2D eigenvalue weighted by Crippen LogP contribution is 2.21. The normalized spacial score (nSPS) is 11.0. The number of amides is 1. The van der Waals surface area contributed by atoms with Gasteiger partial charge >= 0.3 is 5.69 Å². The lowest BCUT2D eigenvalue weighted by Crippen LogP contribution is -2.37. The summed E-state index contributed by atoms with van der Waals surface area (Å²) < 4.78 is 9.26. The molecule has 9 nitrogen and oxygen atoms in total. The largest absolute Gasteiger partial charge is 0.497 e. The number of nitrogens with one attached hydrogen (secondary N) is 1. The van der Waals surface area contributed by atoms with E-state index in [1.54, 1.807) is 18.7 Å². The van der Waals surface area contributed by atoms with Crippen molar-refractivity contribution >= 4 is 28.8 Å². The van der Waals surface area contributed by atoms with E-state index < -0.39 is 11.2 Å². The maximum Gasteiger partial charge on any atom is 0.332 e. The third-order valence-corrected chi connectivity index (χ3v) is 5.59. The smallest absolute Gasteiger partial charge is 0.332 e. The van der Waals surface area contributed by atoms with E-state index >= 15 is 0 Å². The van der Waals surface area contributed by atoms with Crippen LogP contribution in [0.25, 0.3) is 11.2 Å². The number of ether oxygens (including phenoxy) is 1. The number of carbonyl (C=O) groups excluding carboxylic acids is 1. The van der Waals surface area contributed by atoms with Crippen molar-refractivity contribution < 1.29 is 9.53 Å². The van der Waals surface area contributed by atoms with Gasteiger partial charge in [-0.15, -0.1) is 0 Å². The second kappa shape index (κ2) is 8.56. The van der Waals surface area contributed by atoms with Gasteiger partial charge in [-0.1, -0.05) is 23.9 Å². The summed E-state index contributed by atoms with van der Waals surface area (Å²) >= 11 is 1.23. The van der Waals surface area contributed by atoms with E-state index in [0.717, 1.165) is 15.9 Å². The van der Waals surface area contributed by atoms with E-state index in [1.807, 2.05) is 31.2 Å². The van der Waals surface area contributed by atoms with Gasteiger partial charge in [0.1, 0.15) is 5.75 Å². The zero-order valence-corrected chi connectivity index (χ0v) is 17.6. The topological polar surface area (TPSA) is 100 Å². The van der Waals surface area contributed by atoms with Gasteiger partial charge in [0.15, 0.2) is 16.3 Å². The Morgan fingerprint density at radius 1 is 1.17 bits per heavy atom. The number of hydrogen-bond donors (Lipinski definition) is 1. The van der Waals surface area contributed by atoms with Gasteiger partial charge in [-0.25, -0.2) is 9.78 Å². The van der Waals surface area contributed by atoms with Gasteiger partial charge in [-0.2, -0.15) is 0 Å². The number of methoxy groups -OCH3 is 1. The van der Waals surface area contributed by atoms with Crippen molar-refractivity contribution in [1.82, 2.24) is 24.0 Å². The second-order valence-corrected chi connectivity index (χ2v) is 7.37. The number of nitrogens with zero attached hydrogens (tertiary/aromatic N) is 4. The monoisotopic (exact) mass is 417 g/mol. The van der Waals surface area contributed by atoms with Gasteiger partial charge in [0.2, 0.25) is 5.91 Å². The molecule has 0 bridgehead atoms. The molecule has 0 saturated carbocycles. The molecule has 1 aromatic carbocycles. The lowest BCUT2D eigenvalue weighted by atomic mass is 10.2. The van der Waals surface area contributed by atoms with Crippen LogP contribution >= 0.6 is 11.8 Å². The number of hydrogen-bond acceptors (Lipinski definition) is 6. The van der Waals surface area contributed by atoms with Crippen LogP contribution in [-0.4, -0.2) is 37.5 Å². The third kappa shape index (κ3) is 4.07. The maximum absolute atomic E-state index is 12.5. The van der Waals surface area contributed by atoms with Gasteiger partial charge in [0.25, 0.3) is 5.56 Å². The van der Waals surface area contributed by atoms with Crippen molar-refractivity contribution in [2.24, 2.45) is 14.1 Å². The zero-order chi connectivity index (χ0) is 21.1.